The van der Waals surface area contributed by atoms with Crippen LogP contribution >= 0.6 is 0 Å². The highest BCUT2D eigenvalue weighted by Gasteiger charge is 2.27. The van der Waals surface area contributed by atoms with Gasteiger partial charge >= 0.3 is 6.18 Å². The maximum Gasteiger partial charge on any atom is 0.392 e. The highest BCUT2D eigenvalue weighted by molar-refractivity contribution is 5.32. The van der Waals surface area contributed by atoms with Crippen molar-refractivity contribution < 1.29 is 17.9 Å². The van der Waals surface area contributed by atoms with Crippen molar-refractivity contribution in [2.24, 2.45) is 0 Å². The molecular weight excluding hydrogens is 247 g/mol. The summed E-state index contributed by atoms with van der Waals surface area (Å²) in [6, 6.07) is 0. The number of aryl methyl sites for hydroxylation is 1. The summed E-state index contributed by atoms with van der Waals surface area (Å²) in [6.45, 7) is 3.94. The second kappa shape index (κ2) is 6.42. The topological polar surface area (TPSA) is 47.0 Å². The molecule has 0 amide bonds. The normalized spacial score (nSPS) is 11.4. The number of hydrogen-bond donors (Lipinski definition) is 1. The van der Waals surface area contributed by atoms with Gasteiger partial charge in [0.15, 0.2) is 0 Å². The predicted molar refractivity (Wildman–Crippen MR) is 61.7 cm³/mol. The van der Waals surface area contributed by atoms with Gasteiger partial charge in [-0.25, -0.2) is 4.98 Å². The lowest BCUT2D eigenvalue weighted by Crippen LogP contribution is -2.14. The fourth-order valence-electron chi connectivity index (χ4n) is 1.16. The van der Waals surface area contributed by atoms with Crippen LogP contribution in [-0.2, 0) is 0 Å². The van der Waals surface area contributed by atoms with Gasteiger partial charge < -0.3 is 10.1 Å². The molecule has 7 heteroatoms. The first-order valence-corrected chi connectivity index (χ1v) is 5.69. The van der Waals surface area contributed by atoms with Crippen LogP contribution in [0.3, 0.4) is 0 Å². The molecule has 1 N–H and O–H groups in total. The van der Waals surface area contributed by atoms with Gasteiger partial charge in [0.2, 0.25) is 11.8 Å². The van der Waals surface area contributed by atoms with Crippen molar-refractivity contribution in [3.05, 3.63) is 11.8 Å². The first kappa shape index (κ1) is 14.5. The molecule has 1 aromatic rings. The van der Waals surface area contributed by atoms with Gasteiger partial charge in [-0.1, -0.05) is 6.92 Å². The molecule has 0 saturated heterocycles. The summed E-state index contributed by atoms with van der Waals surface area (Å²) >= 11 is 0. The summed E-state index contributed by atoms with van der Waals surface area (Å²) in [7, 11) is 0. The number of hydrogen-bond acceptors (Lipinski definition) is 4. The van der Waals surface area contributed by atoms with Gasteiger partial charge in [0.1, 0.15) is 0 Å². The van der Waals surface area contributed by atoms with E-state index in [1.54, 1.807) is 6.92 Å². The Morgan fingerprint density at radius 2 is 2.11 bits per heavy atom. The van der Waals surface area contributed by atoms with Crippen molar-refractivity contribution in [3.63, 3.8) is 0 Å². The minimum absolute atomic E-state index is 0.188. The monoisotopic (exact) mass is 263 g/mol. The molecule has 1 heterocycles. The van der Waals surface area contributed by atoms with Crippen LogP contribution in [-0.4, -0.2) is 29.3 Å². The minimum atomic E-state index is -4.22. The third-order valence-corrected chi connectivity index (χ3v) is 2.08. The average molecular weight is 263 g/mol. The van der Waals surface area contributed by atoms with Gasteiger partial charge in [0, 0.05) is 18.3 Å². The molecule has 0 spiro atoms. The van der Waals surface area contributed by atoms with Crippen LogP contribution in [0.2, 0.25) is 0 Å². The van der Waals surface area contributed by atoms with Crippen molar-refractivity contribution in [3.8, 4) is 5.88 Å². The largest absolute Gasteiger partial charge is 0.477 e. The summed E-state index contributed by atoms with van der Waals surface area (Å²) < 4.78 is 41.0. The van der Waals surface area contributed by atoms with E-state index in [-0.39, 0.29) is 5.88 Å². The lowest BCUT2D eigenvalue weighted by atomic mass is 10.4. The van der Waals surface area contributed by atoms with Gasteiger partial charge in [0.25, 0.3) is 0 Å². The van der Waals surface area contributed by atoms with E-state index in [9.17, 15) is 13.2 Å². The summed E-state index contributed by atoms with van der Waals surface area (Å²) in [4.78, 5) is 8.03. The number of anilines is 1. The lowest BCUT2D eigenvalue weighted by molar-refractivity contribution is -0.139. The zero-order valence-corrected chi connectivity index (χ0v) is 10.3. The Hall–Kier alpha value is -1.53. The Morgan fingerprint density at radius 1 is 1.39 bits per heavy atom. The number of alkyl halides is 3. The summed E-state index contributed by atoms with van der Waals surface area (Å²) in [5.74, 6) is 0.553. The van der Waals surface area contributed by atoms with Crippen LogP contribution in [0.25, 0.3) is 0 Å². The van der Waals surface area contributed by atoms with Gasteiger partial charge in [0.05, 0.1) is 13.0 Å². The van der Waals surface area contributed by atoms with Crippen LogP contribution in [0.1, 0.15) is 25.3 Å². The van der Waals surface area contributed by atoms with Crippen LogP contribution in [0.5, 0.6) is 5.88 Å². The number of aromatic nitrogens is 2. The molecule has 1 rings (SSSR count). The Bertz CT molecular complexity index is 382. The van der Waals surface area contributed by atoms with Gasteiger partial charge in [-0.05, 0) is 13.3 Å². The maximum atomic E-state index is 12.0. The molecule has 0 atom stereocenters. The molecule has 0 aliphatic rings. The lowest BCUT2D eigenvalue weighted by Gasteiger charge is -2.11. The van der Waals surface area contributed by atoms with E-state index in [1.807, 2.05) is 6.92 Å². The predicted octanol–water partition coefficient (Wildman–Crippen LogP) is 2.94. The fraction of sp³-hybridized carbons (Fsp3) is 0.636. The van der Waals surface area contributed by atoms with E-state index in [0.717, 1.165) is 6.42 Å². The number of halogens is 3. The second-order valence-corrected chi connectivity index (χ2v) is 3.82. The van der Waals surface area contributed by atoms with E-state index >= 15 is 0 Å². The molecule has 0 unspecified atom stereocenters. The summed E-state index contributed by atoms with van der Waals surface area (Å²) in [6.07, 6.45) is -2.78. The zero-order valence-electron chi connectivity index (χ0n) is 10.3. The van der Waals surface area contributed by atoms with Crippen molar-refractivity contribution in [2.75, 3.05) is 18.5 Å². The van der Waals surface area contributed by atoms with Crippen molar-refractivity contribution in [2.45, 2.75) is 32.9 Å². The molecule has 0 saturated carbocycles. The molecule has 0 bridgehead atoms. The van der Waals surface area contributed by atoms with Crippen LogP contribution in [0.15, 0.2) is 6.20 Å². The highest BCUT2D eigenvalue weighted by Crippen LogP contribution is 2.21. The van der Waals surface area contributed by atoms with E-state index < -0.39 is 19.2 Å². The molecule has 0 aliphatic heterocycles. The number of rotatable bonds is 6. The molecule has 102 valence electrons. The van der Waals surface area contributed by atoms with E-state index in [2.05, 4.69) is 15.3 Å². The van der Waals surface area contributed by atoms with Crippen molar-refractivity contribution in [1.29, 1.82) is 0 Å². The van der Waals surface area contributed by atoms with E-state index in [0.29, 0.717) is 18.1 Å². The van der Waals surface area contributed by atoms with Gasteiger partial charge in [-0.2, -0.15) is 18.2 Å². The van der Waals surface area contributed by atoms with Gasteiger partial charge in [-0.3, -0.25) is 0 Å². The molecule has 18 heavy (non-hydrogen) atoms. The van der Waals surface area contributed by atoms with Crippen LogP contribution in [0, 0.1) is 6.92 Å². The fourth-order valence-corrected chi connectivity index (χ4v) is 1.16. The zero-order chi connectivity index (χ0) is 13.6. The smallest absolute Gasteiger partial charge is 0.392 e. The van der Waals surface area contributed by atoms with Crippen molar-refractivity contribution in [1.82, 2.24) is 9.97 Å². The molecule has 0 radical (unpaired) electrons. The number of ether oxygens (including phenoxy) is 1. The standard InChI is InChI=1S/C11H16F3N3O/c1-3-5-15-10-16-7-8(2)9(17-10)18-6-4-11(12,13)14/h7H,3-6H2,1-2H3,(H,15,16,17). The Balaban J connectivity index is 2.58. The maximum absolute atomic E-state index is 12.0. The van der Waals surface area contributed by atoms with Crippen LogP contribution in [0.4, 0.5) is 19.1 Å². The quantitative estimate of drug-likeness (QED) is 0.857. The molecule has 4 nitrogen and oxygen atoms in total. The summed E-state index contributed by atoms with van der Waals surface area (Å²) in [5.41, 5.74) is 0.610. The third-order valence-electron chi connectivity index (χ3n) is 2.08. The molecule has 0 fully saturated rings. The van der Waals surface area contributed by atoms with Crippen LogP contribution < -0.4 is 10.1 Å². The number of nitrogens with zero attached hydrogens (tertiary/aromatic N) is 2. The first-order chi connectivity index (χ1) is 8.42. The molecular formula is C11H16F3N3O. The SMILES string of the molecule is CCCNc1ncc(C)c(OCCC(F)(F)F)n1. The minimum Gasteiger partial charge on any atom is -0.477 e. The van der Waals surface area contributed by atoms with Crippen molar-refractivity contribution >= 4 is 5.95 Å². The van der Waals surface area contributed by atoms with E-state index in [1.165, 1.54) is 6.20 Å². The van der Waals surface area contributed by atoms with Gasteiger partial charge in [-0.15, -0.1) is 0 Å². The Kier molecular flexibility index (Phi) is 5.18. The highest BCUT2D eigenvalue weighted by atomic mass is 19.4. The third kappa shape index (κ3) is 5.20. The Morgan fingerprint density at radius 3 is 2.72 bits per heavy atom. The number of nitrogens with one attached hydrogen (secondary N) is 1. The molecule has 1 aromatic heterocycles. The molecule has 0 aliphatic carbocycles. The molecule has 0 aromatic carbocycles. The first-order valence-electron chi connectivity index (χ1n) is 5.69. The Labute approximate surface area is 104 Å². The van der Waals surface area contributed by atoms with E-state index in [4.69, 9.17) is 4.74 Å². The second-order valence-electron chi connectivity index (χ2n) is 3.82. The summed E-state index contributed by atoms with van der Waals surface area (Å²) in [5, 5.41) is 2.94. The average Bonchev–Trinajstić information content (AvgIpc) is 2.28.